The molecule has 0 saturated heterocycles. The molecule has 0 amide bonds. The van der Waals surface area contributed by atoms with Gasteiger partial charge in [-0.1, -0.05) is 42.4 Å². The van der Waals surface area contributed by atoms with Crippen molar-refractivity contribution in [2.24, 2.45) is 5.10 Å². The molecule has 0 bridgehead atoms. The van der Waals surface area contributed by atoms with Gasteiger partial charge in [0.25, 0.3) is 0 Å². The lowest BCUT2D eigenvalue weighted by Crippen LogP contribution is -2.14. The van der Waals surface area contributed by atoms with E-state index in [1.165, 1.54) is 0 Å². The van der Waals surface area contributed by atoms with Crippen LogP contribution in [-0.2, 0) is 6.42 Å². The SMILES string of the molecule is Br.CCCc1nnc2n1N=C(c1ccc(Cl)cc1)CS2. The van der Waals surface area contributed by atoms with E-state index in [-0.39, 0.29) is 17.0 Å². The summed E-state index contributed by atoms with van der Waals surface area (Å²) in [5.74, 6) is 1.74. The Morgan fingerprint density at radius 3 is 2.70 bits per heavy atom. The molecular weight excluding hydrogens is 360 g/mol. The van der Waals surface area contributed by atoms with Crippen molar-refractivity contribution >= 4 is 46.1 Å². The second-order valence-electron chi connectivity index (χ2n) is 4.30. The van der Waals surface area contributed by atoms with Crippen LogP contribution in [0, 0.1) is 0 Å². The second kappa shape index (κ2) is 6.74. The van der Waals surface area contributed by atoms with Gasteiger partial charge in [-0.05, 0) is 24.1 Å². The van der Waals surface area contributed by atoms with Gasteiger partial charge < -0.3 is 0 Å². The number of fused-ring (bicyclic) bond motifs is 1. The molecule has 3 rings (SSSR count). The number of hydrogen-bond acceptors (Lipinski definition) is 4. The maximum absolute atomic E-state index is 5.91. The molecule has 7 heteroatoms. The standard InChI is InChI=1S/C13H13ClN4S.BrH/c1-2-3-12-15-16-13-18(12)17-11(8-19-13)9-4-6-10(14)7-5-9;/h4-7H,2-3,8H2,1H3;1H. The first-order valence-electron chi connectivity index (χ1n) is 6.19. The number of aromatic nitrogens is 3. The highest BCUT2D eigenvalue weighted by atomic mass is 79.9. The van der Waals surface area contributed by atoms with E-state index in [4.69, 9.17) is 11.6 Å². The Kier molecular flexibility index (Phi) is 5.23. The molecule has 0 saturated carbocycles. The van der Waals surface area contributed by atoms with E-state index in [1.54, 1.807) is 11.8 Å². The van der Waals surface area contributed by atoms with Gasteiger partial charge in [0, 0.05) is 17.2 Å². The van der Waals surface area contributed by atoms with Crippen LogP contribution in [0.1, 0.15) is 24.7 Å². The minimum atomic E-state index is 0. The van der Waals surface area contributed by atoms with E-state index in [9.17, 15) is 0 Å². The Balaban J connectivity index is 0.00000147. The molecule has 1 aromatic heterocycles. The van der Waals surface area contributed by atoms with Gasteiger partial charge in [-0.2, -0.15) is 9.78 Å². The number of nitrogens with zero attached hydrogens (tertiary/aromatic N) is 4. The maximum atomic E-state index is 5.91. The third-order valence-electron chi connectivity index (χ3n) is 2.89. The lowest BCUT2D eigenvalue weighted by atomic mass is 10.1. The van der Waals surface area contributed by atoms with Crippen LogP contribution in [0.4, 0.5) is 0 Å². The molecule has 0 aliphatic carbocycles. The summed E-state index contributed by atoms with van der Waals surface area (Å²) in [5, 5.41) is 14.6. The number of rotatable bonds is 3. The van der Waals surface area contributed by atoms with Crippen LogP contribution in [-0.4, -0.2) is 26.3 Å². The maximum Gasteiger partial charge on any atom is 0.212 e. The second-order valence-corrected chi connectivity index (χ2v) is 5.68. The Morgan fingerprint density at radius 1 is 1.25 bits per heavy atom. The number of halogens is 2. The number of thioether (sulfide) groups is 1. The topological polar surface area (TPSA) is 43.1 Å². The third-order valence-corrected chi connectivity index (χ3v) is 4.07. The molecule has 1 aromatic carbocycles. The van der Waals surface area contributed by atoms with E-state index < -0.39 is 0 Å². The molecule has 1 aliphatic rings. The molecule has 0 unspecified atom stereocenters. The minimum Gasteiger partial charge on any atom is -0.191 e. The summed E-state index contributed by atoms with van der Waals surface area (Å²) in [6, 6.07) is 7.77. The van der Waals surface area contributed by atoms with Gasteiger partial charge in [0.2, 0.25) is 5.16 Å². The molecule has 4 nitrogen and oxygen atoms in total. The summed E-state index contributed by atoms with van der Waals surface area (Å²) in [4.78, 5) is 0. The predicted octanol–water partition coefficient (Wildman–Crippen LogP) is 3.82. The smallest absolute Gasteiger partial charge is 0.191 e. The highest BCUT2D eigenvalue weighted by Crippen LogP contribution is 2.24. The highest BCUT2D eigenvalue weighted by molar-refractivity contribution is 8.93. The molecule has 0 fully saturated rings. The Hall–Kier alpha value is -0.850. The lowest BCUT2D eigenvalue weighted by molar-refractivity contribution is 0.693. The van der Waals surface area contributed by atoms with E-state index in [0.717, 1.165) is 45.9 Å². The van der Waals surface area contributed by atoms with Crippen molar-refractivity contribution in [1.29, 1.82) is 0 Å². The zero-order valence-electron chi connectivity index (χ0n) is 10.9. The van der Waals surface area contributed by atoms with Crippen LogP contribution in [0.3, 0.4) is 0 Å². The fourth-order valence-electron chi connectivity index (χ4n) is 1.93. The van der Waals surface area contributed by atoms with Crippen LogP contribution in [0.15, 0.2) is 34.5 Å². The van der Waals surface area contributed by atoms with Crippen LogP contribution in [0.2, 0.25) is 5.02 Å². The summed E-state index contributed by atoms with van der Waals surface area (Å²) < 4.78 is 1.86. The van der Waals surface area contributed by atoms with Gasteiger partial charge in [0.1, 0.15) is 0 Å². The molecule has 106 valence electrons. The Bertz CT molecular complexity index is 624. The van der Waals surface area contributed by atoms with E-state index in [1.807, 2.05) is 28.9 Å². The zero-order valence-corrected chi connectivity index (χ0v) is 14.2. The third kappa shape index (κ3) is 3.07. The van der Waals surface area contributed by atoms with Crippen molar-refractivity contribution in [2.75, 3.05) is 5.75 Å². The molecule has 2 aromatic rings. The summed E-state index contributed by atoms with van der Waals surface area (Å²) in [7, 11) is 0. The molecule has 20 heavy (non-hydrogen) atoms. The van der Waals surface area contributed by atoms with Crippen LogP contribution < -0.4 is 0 Å². The summed E-state index contributed by atoms with van der Waals surface area (Å²) in [6.45, 7) is 2.13. The Morgan fingerprint density at radius 2 is 2.00 bits per heavy atom. The molecular formula is C13H14BrClN4S. The molecule has 0 N–H and O–H groups in total. The van der Waals surface area contributed by atoms with Gasteiger partial charge in [-0.15, -0.1) is 27.2 Å². The van der Waals surface area contributed by atoms with Crippen molar-refractivity contribution in [2.45, 2.75) is 24.9 Å². The van der Waals surface area contributed by atoms with Crippen molar-refractivity contribution < 1.29 is 0 Å². The van der Waals surface area contributed by atoms with Crippen molar-refractivity contribution in [3.63, 3.8) is 0 Å². The fourth-order valence-corrected chi connectivity index (χ4v) is 2.91. The largest absolute Gasteiger partial charge is 0.212 e. The average Bonchev–Trinajstić information content (AvgIpc) is 2.83. The molecule has 2 heterocycles. The number of aryl methyl sites for hydroxylation is 1. The molecule has 0 spiro atoms. The quantitative estimate of drug-likeness (QED) is 0.821. The Labute approximate surface area is 137 Å². The van der Waals surface area contributed by atoms with Gasteiger partial charge in [-0.3, -0.25) is 0 Å². The minimum absolute atomic E-state index is 0. The van der Waals surface area contributed by atoms with Crippen LogP contribution in [0.5, 0.6) is 0 Å². The van der Waals surface area contributed by atoms with Crippen molar-refractivity contribution in [3.05, 3.63) is 40.7 Å². The first kappa shape index (κ1) is 15.5. The zero-order chi connectivity index (χ0) is 13.2. The molecule has 1 aliphatic heterocycles. The van der Waals surface area contributed by atoms with Crippen LogP contribution in [0.25, 0.3) is 0 Å². The van der Waals surface area contributed by atoms with Crippen molar-refractivity contribution in [1.82, 2.24) is 14.9 Å². The summed E-state index contributed by atoms with van der Waals surface area (Å²) in [5.41, 5.74) is 2.13. The fraction of sp³-hybridized carbons (Fsp3) is 0.308. The molecule has 0 radical (unpaired) electrons. The first-order valence-corrected chi connectivity index (χ1v) is 7.55. The van der Waals surface area contributed by atoms with Gasteiger partial charge in [0.05, 0.1) is 5.71 Å². The number of benzene rings is 1. The van der Waals surface area contributed by atoms with E-state index >= 15 is 0 Å². The first-order chi connectivity index (χ1) is 9.28. The molecule has 0 atom stereocenters. The summed E-state index contributed by atoms with van der Waals surface area (Å²) >= 11 is 7.58. The highest BCUT2D eigenvalue weighted by Gasteiger charge is 2.19. The average molecular weight is 374 g/mol. The van der Waals surface area contributed by atoms with Gasteiger partial charge in [0.15, 0.2) is 5.82 Å². The monoisotopic (exact) mass is 372 g/mol. The predicted molar refractivity (Wildman–Crippen MR) is 88.5 cm³/mol. The van der Waals surface area contributed by atoms with Gasteiger partial charge >= 0.3 is 0 Å². The van der Waals surface area contributed by atoms with Gasteiger partial charge in [-0.25, -0.2) is 0 Å². The lowest BCUT2D eigenvalue weighted by Gasteiger charge is -2.13. The van der Waals surface area contributed by atoms with E-state index in [2.05, 4.69) is 22.2 Å². The van der Waals surface area contributed by atoms with Crippen molar-refractivity contribution in [3.8, 4) is 0 Å². The summed E-state index contributed by atoms with van der Waals surface area (Å²) in [6.07, 6.45) is 1.93. The van der Waals surface area contributed by atoms with E-state index in [0.29, 0.717) is 0 Å². The van der Waals surface area contributed by atoms with Crippen LogP contribution >= 0.6 is 40.3 Å². The number of hydrogen-bond donors (Lipinski definition) is 0. The normalized spacial score (nSPS) is 13.4.